The lowest BCUT2D eigenvalue weighted by atomic mass is 10.0. The zero-order valence-corrected chi connectivity index (χ0v) is 23.3. The number of benzene rings is 2. The number of aliphatic hydroxyl groups excluding tert-OH is 1. The van der Waals surface area contributed by atoms with Crippen molar-refractivity contribution in [1.82, 2.24) is 20.5 Å². The number of amides is 3. The summed E-state index contributed by atoms with van der Waals surface area (Å²) in [6.07, 6.45) is 0.0544. The van der Waals surface area contributed by atoms with E-state index >= 15 is 0 Å². The third kappa shape index (κ3) is 7.43. The average Bonchev–Trinajstić information content (AvgIpc) is 3.51. The number of nitrogens with zero attached hydrogens (tertiary/aromatic N) is 1. The van der Waals surface area contributed by atoms with Crippen molar-refractivity contribution in [2.24, 2.45) is 0 Å². The van der Waals surface area contributed by atoms with Crippen molar-refractivity contribution in [2.75, 3.05) is 6.54 Å². The molecule has 1 aromatic heterocycles. The minimum absolute atomic E-state index is 0.0187. The molecule has 4 atom stereocenters. The van der Waals surface area contributed by atoms with Gasteiger partial charge in [-0.15, -0.1) is 0 Å². The lowest BCUT2D eigenvalue weighted by Crippen LogP contribution is -2.58. The number of aliphatic hydroxyl groups is 1. The zero-order chi connectivity index (χ0) is 29.7. The Kier molecular flexibility index (Phi) is 8.97. The molecule has 1 fully saturated rings. The average molecular weight is 565 g/mol. The number of carbonyl (C=O) groups is 4. The maximum Gasteiger partial charge on any atom is 0.411 e. The number of hydrogen-bond donors (Lipinski definition) is 5. The largest absolute Gasteiger partial charge is 0.480 e. The molecule has 3 amide bonds. The molecular formula is C30H36N4O7. The minimum atomic E-state index is -1.27. The van der Waals surface area contributed by atoms with Crippen LogP contribution >= 0.6 is 0 Å². The van der Waals surface area contributed by atoms with Crippen molar-refractivity contribution in [1.29, 1.82) is 0 Å². The van der Waals surface area contributed by atoms with Crippen LogP contribution in [0.5, 0.6) is 0 Å². The van der Waals surface area contributed by atoms with Crippen LogP contribution in [0.25, 0.3) is 10.9 Å². The minimum Gasteiger partial charge on any atom is -0.480 e. The van der Waals surface area contributed by atoms with E-state index in [0.29, 0.717) is 0 Å². The van der Waals surface area contributed by atoms with Crippen LogP contribution in [-0.4, -0.2) is 80.3 Å². The molecule has 0 radical (unpaired) electrons. The molecule has 11 heteroatoms. The molecule has 0 saturated carbocycles. The van der Waals surface area contributed by atoms with Crippen molar-refractivity contribution < 1.29 is 34.1 Å². The van der Waals surface area contributed by atoms with Gasteiger partial charge in [0, 0.05) is 36.5 Å². The number of carbonyl (C=O) groups excluding carboxylic acids is 3. The molecular weight excluding hydrogens is 528 g/mol. The van der Waals surface area contributed by atoms with E-state index < -0.39 is 53.7 Å². The maximum atomic E-state index is 13.5. The van der Waals surface area contributed by atoms with Gasteiger partial charge in [-0.3, -0.25) is 14.5 Å². The second kappa shape index (κ2) is 12.4. The predicted molar refractivity (Wildman–Crippen MR) is 151 cm³/mol. The number of carboxylic acid groups (broad SMARTS) is 1. The van der Waals surface area contributed by atoms with Crippen molar-refractivity contribution >= 4 is 34.8 Å². The van der Waals surface area contributed by atoms with E-state index in [0.717, 1.165) is 26.9 Å². The van der Waals surface area contributed by atoms with Gasteiger partial charge in [0.1, 0.15) is 23.7 Å². The quantitative estimate of drug-likeness (QED) is 0.267. The summed E-state index contributed by atoms with van der Waals surface area (Å²) in [6.45, 7) is 5.20. The molecule has 1 saturated heterocycles. The highest BCUT2D eigenvalue weighted by Gasteiger charge is 2.44. The molecule has 0 aliphatic carbocycles. The number of aliphatic carboxylic acids is 1. The van der Waals surface area contributed by atoms with Crippen LogP contribution in [-0.2, 0) is 32.0 Å². The molecule has 0 spiro atoms. The van der Waals surface area contributed by atoms with Gasteiger partial charge in [-0.2, -0.15) is 0 Å². The summed E-state index contributed by atoms with van der Waals surface area (Å²) in [5.74, 6) is -2.66. The van der Waals surface area contributed by atoms with Crippen LogP contribution < -0.4 is 10.6 Å². The molecule has 0 bridgehead atoms. The van der Waals surface area contributed by atoms with Gasteiger partial charge >= 0.3 is 12.1 Å². The van der Waals surface area contributed by atoms with Gasteiger partial charge in [-0.1, -0.05) is 48.5 Å². The van der Waals surface area contributed by atoms with E-state index in [4.69, 9.17) is 4.74 Å². The molecule has 1 unspecified atom stereocenters. The van der Waals surface area contributed by atoms with Gasteiger partial charge < -0.3 is 30.6 Å². The molecule has 1 aliphatic heterocycles. The fraction of sp³-hybridized carbons (Fsp3) is 0.400. The molecule has 4 rings (SSSR count). The summed E-state index contributed by atoms with van der Waals surface area (Å²) >= 11 is 0. The molecule has 2 heterocycles. The number of ether oxygens (including phenoxy) is 1. The molecule has 3 aromatic rings. The Labute approximate surface area is 237 Å². The summed E-state index contributed by atoms with van der Waals surface area (Å²) in [4.78, 5) is 56.2. The Morgan fingerprint density at radius 3 is 2.37 bits per heavy atom. The van der Waals surface area contributed by atoms with Gasteiger partial charge in [0.05, 0.1) is 6.10 Å². The number of hydrogen-bond acceptors (Lipinski definition) is 6. The summed E-state index contributed by atoms with van der Waals surface area (Å²) in [5.41, 5.74) is 1.49. The fourth-order valence-electron chi connectivity index (χ4n) is 4.93. The zero-order valence-electron chi connectivity index (χ0n) is 23.3. The topological polar surface area (TPSA) is 161 Å². The molecule has 218 valence electrons. The lowest BCUT2D eigenvalue weighted by molar-refractivity contribution is -0.142. The second-order valence-corrected chi connectivity index (χ2v) is 11.2. The summed E-state index contributed by atoms with van der Waals surface area (Å²) in [6, 6.07) is 12.7. The fourth-order valence-corrected chi connectivity index (χ4v) is 4.93. The van der Waals surface area contributed by atoms with Gasteiger partial charge in [-0.25, -0.2) is 9.59 Å². The normalized spacial score (nSPS) is 18.5. The first-order valence-corrected chi connectivity index (χ1v) is 13.5. The Morgan fingerprint density at radius 2 is 1.68 bits per heavy atom. The number of rotatable bonds is 9. The number of carboxylic acids is 1. The number of aromatic amines is 1. The standard InChI is InChI=1S/C30H36N4O7/c1-30(2,3)41-29(40)34-14-13-24(35)25(34)27(37)32-22(15-18-9-5-4-6-10-18)26(36)33-23(28(38)39)16-19-17-31-21-12-8-7-11-20(19)21/h4-12,17,22-25,31,35H,13-16H2,1-3H3,(H,32,37)(H,33,36)(H,38,39)/t22-,23+,24?,25-/m0/s1. The molecule has 5 N–H and O–H groups in total. The third-order valence-corrected chi connectivity index (χ3v) is 6.89. The molecule has 1 aliphatic rings. The number of aromatic nitrogens is 1. The van der Waals surface area contributed by atoms with Crippen LogP contribution in [0, 0.1) is 0 Å². The number of para-hydroxylation sites is 1. The monoisotopic (exact) mass is 564 g/mol. The van der Waals surface area contributed by atoms with Gasteiger partial charge in [0.25, 0.3) is 0 Å². The summed E-state index contributed by atoms with van der Waals surface area (Å²) in [5, 5.41) is 26.6. The van der Waals surface area contributed by atoms with Crippen molar-refractivity contribution in [3.63, 3.8) is 0 Å². The predicted octanol–water partition coefficient (Wildman–Crippen LogP) is 2.38. The van der Waals surface area contributed by atoms with Crippen molar-refractivity contribution in [3.05, 3.63) is 71.9 Å². The Hall–Kier alpha value is -4.38. The first-order valence-electron chi connectivity index (χ1n) is 13.5. The van der Waals surface area contributed by atoms with Crippen molar-refractivity contribution in [3.8, 4) is 0 Å². The molecule has 11 nitrogen and oxygen atoms in total. The van der Waals surface area contributed by atoms with Crippen LogP contribution in [0.1, 0.15) is 38.3 Å². The SMILES string of the molecule is CC(C)(C)OC(=O)N1CCC(O)[C@H]1C(=O)N[C@@H](Cc1ccccc1)C(=O)N[C@H](Cc1c[nH]c2ccccc12)C(=O)O. The Balaban J connectivity index is 1.53. The number of H-pyrrole nitrogens is 1. The summed E-state index contributed by atoms with van der Waals surface area (Å²) < 4.78 is 5.41. The van der Waals surface area contributed by atoms with E-state index in [2.05, 4.69) is 15.6 Å². The lowest BCUT2D eigenvalue weighted by Gasteiger charge is -2.30. The van der Waals surface area contributed by atoms with Gasteiger partial charge in [0.2, 0.25) is 11.8 Å². The first-order chi connectivity index (χ1) is 19.4. The van der Waals surface area contributed by atoms with Crippen LogP contribution in [0.15, 0.2) is 60.8 Å². The second-order valence-electron chi connectivity index (χ2n) is 11.2. The smallest absolute Gasteiger partial charge is 0.411 e. The summed E-state index contributed by atoms with van der Waals surface area (Å²) in [7, 11) is 0. The van der Waals surface area contributed by atoms with E-state index in [1.165, 1.54) is 0 Å². The molecule has 41 heavy (non-hydrogen) atoms. The van der Waals surface area contributed by atoms with E-state index in [-0.39, 0.29) is 25.8 Å². The van der Waals surface area contributed by atoms with Crippen molar-refractivity contribution in [2.45, 2.75) is 69.9 Å². The number of likely N-dealkylation sites (tertiary alicyclic amines) is 1. The Morgan fingerprint density at radius 1 is 1.00 bits per heavy atom. The van der Waals surface area contributed by atoms with E-state index in [1.54, 1.807) is 51.2 Å². The van der Waals surface area contributed by atoms with E-state index in [1.807, 2.05) is 30.3 Å². The van der Waals surface area contributed by atoms with Crippen LogP contribution in [0.3, 0.4) is 0 Å². The maximum absolute atomic E-state index is 13.5. The number of fused-ring (bicyclic) bond motifs is 1. The van der Waals surface area contributed by atoms with Gasteiger partial charge in [-0.05, 0) is 44.4 Å². The highest BCUT2D eigenvalue weighted by Crippen LogP contribution is 2.23. The third-order valence-electron chi connectivity index (χ3n) is 6.89. The van der Waals surface area contributed by atoms with Gasteiger partial charge in [0.15, 0.2) is 0 Å². The van der Waals surface area contributed by atoms with E-state index in [9.17, 15) is 29.4 Å². The first kappa shape index (κ1) is 29.6. The Bertz CT molecular complexity index is 1400. The number of nitrogens with one attached hydrogen (secondary N) is 3. The highest BCUT2D eigenvalue weighted by atomic mass is 16.6. The molecule has 2 aromatic carbocycles. The van der Waals surface area contributed by atoms with Crippen LogP contribution in [0.2, 0.25) is 0 Å². The highest BCUT2D eigenvalue weighted by molar-refractivity contribution is 5.94. The van der Waals surface area contributed by atoms with Crippen LogP contribution in [0.4, 0.5) is 4.79 Å².